The Bertz CT molecular complexity index is 349. The first kappa shape index (κ1) is 11.2. The first-order chi connectivity index (χ1) is 7.70. The quantitative estimate of drug-likeness (QED) is 0.619. The summed E-state index contributed by atoms with van der Waals surface area (Å²) in [6, 6.07) is 0. The number of hydrogen-bond donors (Lipinski definition) is 3. The molecule has 0 aliphatic carbocycles. The van der Waals surface area contributed by atoms with E-state index in [1.165, 1.54) is 5.57 Å². The van der Waals surface area contributed by atoms with Crippen LogP contribution in [0.5, 0.6) is 0 Å². The lowest BCUT2D eigenvalue weighted by Crippen LogP contribution is -2.38. The van der Waals surface area contributed by atoms with Crippen LogP contribution in [-0.2, 0) is 0 Å². The number of hydrogen-bond acceptors (Lipinski definition) is 5. The molecule has 0 bridgehead atoms. The van der Waals surface area contributed by atoms with Gasteiger partial charge in [-0.05, 0) is 18.2 Å². The molecule has 0 aromatic rings. The first-order valence-corrected chi connectivity index (χ1v) is 5.40. The number of aliphatic hydroxyl groups excluding tert-OH is 2. The molecule has 2 aliphatic rings. The van der Waals surface area contributed by atoms with Crippen LogP contribution >= 0.6 is 0 Å². The Hall–Kier alpha value is -1.33. The molecule has 2 rings (SSSR count). The third-order valence-corrected chi connectivity index (χ3v) is 2.75. The maximum absolute atomic E-state index is 9.35. The molecule has 0 aromatic carbocycles. The summed E-state index contributed by atoms with van der Waals surface area (Å²) in [6.07, 6.45) is 6.59. The Morgan fingerprint density at radius 3 is 3.25 bits per heavy atom. The standard InChI is InChI=1S/C11H17N3O2/c1-14-4-2-3-8-6-12-10(13-11(8)14)5-9(16)7-15/h2,4,6,9,11,15-16H,3,5,7H2,1H3,(H,12,13). The number of allylic oxidation sites excluding steroid dienone is 1. The minimum atomic E-state index is -0.745. The van der Waals surface area contributed by atoms with E-state index in [0.717, 1.165) is 12.3 Å². The predicted octanol–water partition coefficient (Wildman–Crippen LogP) is -0.209. The normalized spacial score (nSPS) is 25.4. The Balaban J connectivity index is 2.07. The molecule has 2 unspecified atom stereocenters. The fourth-order valence-electron chi connectivity index (χ4n) is 1.87. The van der Waals surface area contributed by atoms with Crippen molar-refractivity contribution >= 4 is 5.84 Å². The van der Waals surface area contributed by atoms with E-state index in [4.69, 9.17) is 5.11 Å². The van der Waals surface area contributed by atoms with E-state index in [1.807, 2.05) is 24.3 Å². The monoisotopic (exact) mass is 223 g/mol. The lowest BCUT2D eigenvalue weighted by Gasteiger charge is -2.32. The second-order valence-electron chi connectivity index (χ2n) is 4.11. The lowest BCUT2D eigenvalue weighted by atomic mass is 10.1. The fraction of sp³-hybridized carbons (Fsp3) is 0.545. The van der Waals surface area contributed by atoms with Gasteiger partial charge in [-0.2, -0.15) is 0 Å². The molecule has 0 saturated carbocycles. The van der Waals surface area contributed by atoms with Gasteiger partial charge in [0.2, 0.25) is 0 Å². The van der Waals surface area contributed by atoms with E-state index in [0.29, 0.717) is 6.42 Å². The van der Waals surface area contributed by atoms with Crippen molar-refractivity contribution in [3.8, 4) is 0 Å². The zero-order chi connectivity index (χ0) is 11.5. The van der Waals surface area contributed by atoms with E-state index in [-0.39, 0.29) is 12.8 Å². The molecule has 2 heterocycles. The van der Waals surface area contributed by atoms with Crippen LogP contribution in [0.2, 0.25) is 0 Å². The molecule has 0 aromatic heterocycles. The lowest BCUT2D eigenvalue weighted by molar-refractivity contribution is 0.100. The minimum absolute atomic E-state index is 0.0344. The zero-order valence-corrected chi connectivity index (χ0v) is 9.30. The highest BCUT2D eigenvalue weighted by Gasteiger charge is 2.23. The summed E-state index contributed by atoms with van der Waals surface area (Å²) < 4.78 is 0. The largest absolute Gasteiger partial charge is 0.394 e. The average Bonchev–Trinajstić information content (AvgIpc) is 2.30. The number of likely N-dealkylation sites (N-methyl/N-ethyl adjacent to an activating group) is 1. The van der Waals surface area contributed by atoms with E-state index in [9.17, 15) is 5.11 Å². The molecule has 16 heavy (non-hydrogen) atoms. The summed E-state index contributed by atoms with van der Waals surface area (Å²) in [5, 5.41) is 21.2. The van der Waals surface area contributed by atoms with E-state index >= 15 is 0 Å². The van der Waals surface area contributed by atoms with Crippen LogP contribution in [0.15, 0.2) is 29.0 Å². The number of aliphatic hydroxyl groups is 2. The summed E-state index contributed by atoms with van der Waals surface area (Å²) >= 11 is 0. The van der Waals surface area contributed by atoms with Crippen LogP contribution in [0, 0.1) is 0 Å². The van der Waals surface area contributed by atoms with Gasteiger partial charge in [0, 0.05) is 19.7 Å². The number of amidine groups is 1. The predicted molar refractivity (Wildman–Crippen MR) is 61.7 cm³/mol. The Labute approximate surface area is 94.8 Å². The number of rotatable bonds is 3. The van der Waals surface area contributed by atoms with Crippen LogP contribution in [0.4, 0.5) is 0 Å². The van der Waals surface area contributed by atoms with E-state index in [2.05, 4.69) is 16.4 Å². The molecule has 0 radical (unpaired) electrons. The zero-order valence-electron chi connectivity index (χ0n) is 9.30. The topological polar surface area (TPSA) is 68.1 Å². The van der Waals surface area contributed by atoms with Gasteiger partial charge in [0.1, 0.15) is 12.0 Å². The summed E-state index contributed by atoms with van der Waals surface area (Å²) in [5.41, 5.74) is 1.22. The van der Waals surface area contributed by atoms with Gasteiger partial charge >= 0.3 is 0 Å². The Morgan fingerprint density at radius 1 is 1.69 bits per heavy atom. The van der Waals surface area contributed by atoms with Gasteiger partial charge in [-0.25, -0.2) is 4.99 Å². The maximum Gasteiger partial charge on any atom is 0.146 e. The van der Waals surface area contributed by atoms with Gasteiger partial charge in [-0.15, -0.1) is 0 Å². The molecule has 3 N–H and O–H groups in total. The molecule has 88 valence electrons. The maximum atomic E-state index is 9.35. The molecule has 0 fully saturated rings. The molecular formula is C11H17N3O2. The van der Waals surface area contributed by atoms with Crippen molar-refractivity contribution in [1.29, 1.82) is 0 Å². The van der Waals surface area contributed by atoms with Crippen molar-refractivity contribution in [3.63, 3.8) is 0 Å². The average molecular weight is 223 g/mol. The van der Waals surface area contributed by atoms with Crippen LogP contribution in [-0.4, -0.2) is 46.9 Å². The van der Waals surface area contributed by atoms with Crippen LogP contribution in [0.3, 0.4) is 0 Å². The van der Waals surface area contributed by atoms with Gasteiger partial charge in [0.25, 0.3) is 0 Å². The van der Waals surface area contributed by atoms with Crippen molar-refractivity contribution in [2.24, 2.45) is 4.99 Å². The second-order valence-corrected chi connectivity index (χ2v) is 4.11. The third kappa shape index (κ3) is 2.25. The third-order valence-electron chi connectivity index (χ3n) is 2.75. The number of aliphatic imine (C=N–C) groups is 1. The summed E-state index contributed by atoms with van der Waals surface area (Å²) in [4.78, 5) is 6.54. The molecule has 2 atom stereocenters. The highest BCUT2D eigenvalue weighted by atomic mass is 16.3. The van der Waals surface area contributed by atoms with Gasteiger partial charge in [0.15, 0.2) is 0 Å². The number of fused-ring (bicyclic) bond motifs is 1. The van der Waals surface area contributed by atoms with E-state index in [1.54, 1.807) is 0 Å². The van der Waals surface area contributed by atoms with Gasteiger partial charge in [-0.1, -0.05) is 6.08 Å². The highest BCUT2D eigenvalue weighted by Crippen LogP contribution is 2.22. The Kier molecular flexibility index (Phi) is 3.26. The number of nitrogens with zero attached hydrogens (tertiary/aromatic N) is 2. The minimum Gasteiger partial charge on any atom is -0.394 e. The molecule has 2 aliphatic heterocycles. The summed E-state index contributed by atoms with van der Waals surface area (Å²) in [7, 11) is 1.98. The van der Waals surface area contributed by atoms with Crippen molar-refractivity contribution in [2.75, 3.05) is 13.7 Å². The molecule has 5 nitrogen and oxygen atoms in total. The molecule has 0 spiro atoms. The van der Waals surface area contributed by atoms with E-state index < -0.39 is 6.10 Å². The van der Waals surface area contributed by atoms with Crippen molar-refractivity contribution in [2.45, 2.75) is 25.1 Å². The molecular weight excluding hydrogens is 206 g/mol. The summed E-state index contributed by atoms with van der Waals surface area (Å²) in [6.45, 7) is -0.238. The SMILES string of the molecule is CN1C=CCC2=CNC(CC(O)CO)=NC21. The fourth-order valence-corrected chi connectivity index (χ4v) is 1.87. The van der Waals surface area contributed by atoms with Crippen molar-refractivity contribution in [3.05, 3.63) is 24.0 Å². The van der Waals surface area contributed by atoms with Crippen LogP contribution in [0.25, 0.3) is 0 Å². The van der Waals surface area contributed by atoms with Crippen LogP contribution < -0.4 is 5.32 Å². The van der Waals surface area contributed by atoms with Crippen LogP contribution in [0.1, 0.15) is 12.8 Å². The molecule has 0 amide bonds. The smallest absolute Gasteiger partial charge is 0.146 e. The second kappa shape index (κ2) is 4.67. The highest BCUT2D eigenvalue weighted by molar-refractivity contribution is 5.84. The van der Waals surface area contributed by atoms with Gasteiger partial charge in [0.05, 0.1) is 12.7 Å². The van der Waals surface area contributed by atoms with Crippen molar-refractivity contribution < 1.29 is 10.2 Å². The van der Waals surface area contributed by atoms with Crippen molar-refractivity contribution in [1.82, 2.24) is 10.2 Å². The molecule has 5 heteroatoms. The number of nitrogens with one attached hydrogen (secondary N) is 1. The van der Waals surface area contributed by atoms with Gasteiger partial charge < -0.3 is 20.4 Å². The summed E-state index contributed by atoms with van der Waals surface area (Å²) in [5.74, 6) is 0.720. The molecule has 0 saturated heterocycles. The Morgan fingerprint density at radius 2 is 2.50 bits per heavy atom. The first-order valence-electron chi connectivity index (χ1n) is 5.40. The van der Waals surface area contributed by atoms with Gasteiger partial charge in [-0.3, -0.25) is 0 Å².